The topological polar surface area (TPSA) is 24.7 Å². The van der Waals surface area contributed by atoms with Gasteiger partial charge in [-0.15, -0.1) is 0 Å². The summed E-state index contributed by atoms with van der Waals surface area (Å²) < 4.78 is 0. The van der Waals surface area contributed by atoms with Crippen molar-refractivity contribution >= 4 is 12.4 Å². The van der Waals surface area contributed by atoms with Gasteiger partial charge in [0.05, 0.1) is 0 Å². The molecule has 0 aliphatic heterocycles. The molecule has 2 aliphatic rings. The van der Waals surface area contributed by atoms with E-state index < -0.39 is 0 Å². The molecule has 4 atom stereocenters. The minimum atomic E-state index is 0.791. The van der Waals surface area contributed by atoms with Gasteiger partial charge in [-0.25, -0.2) is 0 Å². The molecule has 2 aromatic rings. The highest BCUT2D eigenvalue weighted by atomic mass is 14.8. The smallest absolute Gasteiger partial charge is 0.0420 e. The molecule has 2 aliphatic carbocycles. The monoisotopic (exact) mass is 330 g/mol. The van der Waals surface area contributed by atoms with Crippen molar-refractivity contribution in [1.29, 1.82) is 0 Å². The molecule has 2 fully saturated rings. The first-order valence-electron chi connectivity index (χ1n) is 9.48. The number of fused-ring (bicyclic) bond motifs is 2. The first kappa shape index (κ1) is 16.3. The number of rotatable bonds is 6. The lowest BCUT2D eigenvalue weighted by Crippen LogP contribution is -2.21. The quantitative estimate of drug-likeness (QED) is 0.674. The highest BCUT2D eigenvalue weighted by Crippen LogP contribution is 2.51. The molecular weight excluding hydrogens is 304 g/mol. The molecule has 25 heavy (non-hydrogen) atoms. The first-order valence-corrected chi connectivity index (χ1v) is 9.48. The molecule has 0 spiro atoms. The lowest BCUT2D eigenvalue weighted by atomic mass is 9.82. The molecule has 0 saturated heterocycles. The number of hydrogen-bond donors (Lipinski definition) is 0. The van der Waals surface area contributed by atoms with Crippen LogP contribution in [0.1, 0.15) is 30.4 Å². The summed E-state index contributed by atoms with van der Waals surface area (Å²) in [5.74, 6) is 3.32. The Bertz CT molecular complexity index is 657. The predicted octanol–water partition coefficient (Wildman–Crippen LogP) is 4.89. The third-order valence-electron chi connectivity index (χ3n) is 5.91. The summed E-state index contributed by atoms with van der Waals surface area (Å²) in [6.07, 6.45) is 8.17. The minimum absolute atomic E-state index is 0.791. The molecule has 2 nitrogen and oxygen atoms in total. The van der Waals surface area contributed by atoms with Crippen LogP contribution in [0.15, 0.2) is 70.6 Å². The van der Waals surface area contributed by atoms with E-state index in [2.05, 4.69) is 48.5 Å². The van der Waals surface area contributed by atoms with Gasteiger partial charge in [0, 0.05) is 25.5 Å². The number of nitrogens with zero attached hydrogens (tertiary/aromatic N) is 2. The van der Waals surface area contributed by atoms with Crippen LogP contribution in [-0.2, 0) is 0 Å². The van der Waals surface area contributed by atoms with E-state index in [9.17, 15) is 0 Å². The largest absolute Gasteiger partial charge is 0.292 e. The van der Waals surface area contributed by atoms with Crippen molar-refractivity contribution in [3.8, 4) is 0 Å². The Morgan fingerprint density at radius 3 is 1.48 bits per heavy atom. The zero-order valence-electron chi connectivity index (χ0n) is 14.7. The zero-order chi connectivity index (χ0) is 16.9. The normalized spacial score (nSPS) is 28.3. The number of hydrogen-bond acceptors (Lipinski definition) is 2. The van der Waals surface area contributed by atoms with Gasteiger partial charge in [-0.1, -0.05) is 60.7 Å². The zero-order valence-corrected chi connectivity index (χ0v) is 14.7. The maximum absolute atomic E-state index is 4.71. The molecule has 2 aromatic carbocycles. The Morgan fingerprint density at radius 1 is 0.640 bits per heavy atom. The van der Waals surface area contributed by atoms with Gasteiger partial charge in [-0.05, 0) is 54.1 Å². The second-order valence-electron chi connectivity index (χ2n) is 7.56. The number of aliphatic imine (C=N–C) groups is 2. The molecule has 2 bridgehead atoms. The van der Waals surface area contributed by atoms with Crippen molar-refractivity contribution in [3.63, 3.8) is 0 Å². The molecular formula is C23H26N2. The van der Waals surface area contributed by atoms with Crippen molar-refractivity contribution in [3.05, 3.63) is 71.8 Å². The highest BCUT2D eigenvalue weighted by Gasteiger charge is 2.45. The molecule has 2 heteroatoms. The Hall–Kier alpha value is -2.22. The van der Waals surface area contributed by atoms with Crippen LogP contribution in [-0.4, -0.2) is 25.5 Å². The average molecular weight is 330 g/mol. The van der Waals surface area contributed by atoms with Crippen LogP contribution in [0.4, 0.5) is 0 Å². The minimum Gasteiger partial charge on any atom is -0.292 e. The Kier molecular flexibility index (Phi) is 5.06. The number of benzene rings is 2. The van der Waals surface area contributed by atoms with Crippen LogP contribution >= 0.6 is 0 Å². The van der Waals surface area contributed by atoms with E-state index in [1.807, 2.05) is 24.6 Å². The van der Waals surface area contributed by atoms with Crippen molar-refractivity contribution in [1.82, 2.24) is 0 Å². The Balaban J connectivity index is 1.25. The van der Waals surface area contributed by atoms with Gasteiger partial charge in [-0.3, -0.25) is 9.98 Å². The second kappa shape index (κ2) is 7.77. The van der Waals surface area contributed by atoms with Gasteiger partial charge in [-0.2, -0.15) is 0 Å². The van der Waals surface area contributed by atoms with E-state index >= 15 is 0 Å². The Morgan fingerprint density at radius 2 is 1.08 bits per heavy atom. The lowest BCUT2D eigenvalue weighted by Gasteiger charge is -2.25. The maximum Gasteiger partial charge on any atom is 0.0420 e. The molecule has 0 aromatic heterocycles. The van der Waals surface area contributed by atoms with Crippen LogP contribution in [0.25, 0.3) is 0 Å². The van der Waals surface area contributed by atoms with Crippen LogP contribution in [0, 0.1) is 23.7 Å². The van der Waals surface area contributed by atoms with Crippen LogP contribution in [0.2, 0.25) is 0 Å². The lowest BCUT2D eigenvalue weighted by molar-refractivity contribution is 0.268. The summed E-state index contributed by atoms with van der Waals surface area (Å²) in [6, 6.07) is 20.8. The van der Waals surface area contributed by atoms with Crippen LogP contribution in [0.5, 0.6) is 0 Å². The van der Waals surface area contributed by atoms with Gasteiger partial charge in [0.15, 0.2) is 0 Å². The van der Waals surface area contributed by atoms with Crippen LogP contribution < -0.4 is 0 Å². The summed E-state index contributed by atoms with van der Waals surface area (Å²) >= 11 is 0. The second-order valence-corrected chi connectivity index (χ2v) is 7.56. The fourth-order valence-corrected chi connectivity index (χ4v) is 4.63. The maximum atomic E-state index is 4.71. The average Bonchev–Trinajstić information content (AvgIpc) is 3.24. The molecule has 4 unspecified atom stereocenters. The van der Waals surface area contributed by atoms with Gasteiger partial charge in [0.1, 0.15) is 0 Å². The van der Waals surface area contributed by atoms with E-state index in [-0.39, 0.29) is 0 Å². The van der Waals surface area contributed by atoms with E-state index in [4.69, 9.17) is 9.98 Å². The summed E-state index contributed by atoms with van der Waals surface area (Å²) in [4.78, 5) is 9.43. The van der Waals surface area contributed by atoms with E-state index in [0.717, 1.165) is 36.8 Å². The third kappa shape index (κ3) is 4.07. The first-order chi connectivity index (χ1) is 12.4. The Labute approximate surface area is 150 Å². The summed E-state index contributed by atoms with van der Waals surface area (Å²) in [7, 11) is 0. The van der Waals surface area contributed by atoms with Gasteiger partial charge in [0.25, 0.3) is 0 Å². The standard InChI is InChI=1S/C23H26N2/c1-3-7-18(8-4-1)14-24-16-22-12-21-11-20(22)13-23(21)17-25-15-19-9-5-2-6-10-19/h1-10,14-15,20-23H,11-13,16-17H2. The molecule has 0 radical (unpaired) electrons. The molecule has 128 valence electrons. The van der Waals surface area contributed by atoms with Crippen LogP contribution in [0.3, 0.4) is 0 Å². The van der Waals surface area contributed by atoms with Gasteiger partial charge < -0.3 is 0 Å². The predicted molar refractivity (Wildman–Crippen MR) is 106 cm³/mol. The van der Waals surface area contributed by atoms with Crippen molar-refractivity contribution in [2.75, 3.05) is 13.1 Å². The van der Waals surface area contributed by atoms with Crippen molar-refractivity contribution in [2.24, 2.45) is 33.7 Å². The third-order valence-corrected chi connectivity index (χ3v) is 5.91. The summed E-state index contributed by atoms with van der Waals surface area (Å²) in [5, 5.41) is 0. The van der Waals surface area contributed by atoms with E-state index in [1.165, 1.54) is 30.4 Å². The van der Waals surface area contributed by atoms with Gasteiger partial charge in [0.2, 0.25) is 0 Å². The molecule has 0 amide bonds. The SMILES string of the molecule is C(=NCC1CC2CC1CC2CN=Cc1ccccc1)c1ccccc1. The van der Waals surface area contributed by atoms with Gasteiger partial charge >= 0.3 is 0 Å². The molecule has 4 rings (SSSR count). The van der Waals surface area contributed by atoms with Crippen molar-refractivity contribution < 1.29 is 0 Å². The molecule has 2 saturated carbocycles. The molecule has 0 heterocycles. The van der Waals surface area contributed by atoms with E-state index in [1.54, 1.807) is 0 Å². The summed E-state index contributed by atoms with van der Waals surface area (Å²) in [6.45, 7) is 1.99. The summed E-state index contributed by atoms with van der Waals surface area (Å²) in [5.41, 5.74) is 2.41. The molecule has 0 N–H and O–H groups in total. The fraction of sp³-hybridized carbons (Fsp3) is 0.391. The highest BCUT2D eigenvalue weighted by molar-refractivity contribution is 5.79. The van der Waals surface area contributed by atoms with Crippen molar-refractivity contribution in [2.45, 2.75) is 19.3 Å². The fourth-order valence-electron chi connectivity index (χ4n) is 4.63. The van der Waals surface area contributed by atoms with E-state index in [0.29, 0.717) is 0 Å².